The van der Waals surface area contributed by atoms with Crippen molar-refractivity contribution < 1.29 is 73.9 Å². The first-order valence-electron chi connectivity index (χ1n) is 20.7. The molecule has 0 aromatic heterocycles. The van der Waals surface area contributed by atoms with Gasteiger partial charge in [0.15, 0.2) is 18.4 Å². The van der Waals surface area contributed by atoms with Crippen molar-refractivity contribution in [2.75, 3.05) is 39.5 Å². The molecule has 0 amide bonds. The fourth-order valence-electron chi connectivity index (χ4n) is 8.13. The lowest BCUT2D eigenvalue weighted by atomic mass is 9.80. The van der Waals surface area contributed by atoms with E-state index in [-0.39, 0.29) is 61.8 Å². The lowest BCUT2D eigenvalue weighted by molar-refractivity contribution is -0.843. The highest BCUT2D eigenvalue weighted by atomic mass is 16.8. The Balaban J connectivity index is 1.62. The molecule has 0 aromatic rings. The SMILES string of the molecule is CC(C)OC1C(OC2OC=C(C(=O)OC3CCCC3)C(C=CC3=C(NC(N)=NCCCO)C(C(=O)O)=C[NH+](CCO)C3)C2C=C2CCCCC2)OC(CO)C(O)C1(O)O. The van der Waals surface area contributed by atoms with Gasteiger partial charge in [-0.25, -0.2) is 9.59 Å². The number of rotatable bonds is 17. The first-order chi connectivity index (χ1) is 28.3. The van der Waals surface area contributed by atoms with Crippen LogP contribution in [-0.4, -0.2) is 142 Å². The second kappa shape index (κ2) is 21.7. The summed E-state index contributed by atoms with van der Waals surface area (Å²) >= 11 is 0. The highest BCUT2D eigenvalue weighted by molar-refractivity contribution is 5.94. The molecule has 330 valence electrons. The van der Waals surface area contributed by atoms with Crippen molar-refractivity contribution in [3.05, 3.63) is 58.7 Å². The summed E-state index contributed by atoms with van der Waals surface area (Å²) in [6.45, 7) is 2.81. The van der Waals surface area contributed by atoms with Crippen LogP contribution in [0.4, 0.5) is 0 Å². The summed E-state index contributed by atoms with van der Waals surface area (Å²) in [5.41, 5.74) is 7.95. The van der Waals surface area contributed by atoms with Crippen LogP contribution in [0.15, 0.2) is 63.7 Å². The van der Waals surface area contributed by atoms with Crippen molar-refractivity contribution in [1.29, 1.82) is 0 Å². The quantitative estimate of drug-likeness (QED) is 0.0218. The van der Waals surface area contributed by atoms with Crippen LogP contribution in [0.1, 0.15) is 78.1 Å². The van der Waals surface area contributed by atoms with Crippen molar-refractivity contribution in [2.24, 2.45) is 22.6 Å². The van der Waals surface area contributed by atoms with Crippen LogP contribution >= 0.6 is 0 Å². The van der Waals surface area contributed by atoms with Gasteiger partial charge in [0.1, 0.15) is 43.2 Å². The molecule has 11 N–H and O–H groups in total. The highest BCUT2D eigenvalue weighted by Crippen LogP contribution is 2.41. The van der Waals surface area contributed by atoms with Gasteiger partial charge in [-0.1, -0.05) is 30.2 Å². The number of aliphatic carboxylic acids is 1. The smallest absolute Gasteiger partial charge is 0.343 e. The van der Waals surface area contributed by atoms with Crippen molar-refractivity contribution in [3.8, 4) is 0 Å². The number of ether oxygens (including phenoxy) is 5. The maximum Gasteiger partial charge on any atom is 0.343 e. The molecular formula is C41H63N4O14+. The number of aliphatic imine (C=N–C) groups is 1. The monoisotopic (exact) mass is 835 g/mol. The molecule has 2 aliphatic carbocycles. The van der Waals surface area contributed by atoms with Gasteiger partial charge in [0, 0.05) is 24.6 Å². The molecule has 8 unspecified atom stereocenters. The van der Waals surface area contributed by atoms with Crippen LogP contribution in [0.25, 0.3) is 0 Å². The van der Waals surface area contributed by atoms with E-state index in [4.69, 9.17) is 29.4 Å². The first kappa shape index (κ1) is 46.4. The summed E-state index contributed by atoms with van der Waals surface area (Å²) in [5.74, 6) is -6.45. The first-order valence-corrected chi connectivity index (χ1v) is 20.7. The summed E-state index contributed by atoms with van der Waals surface area (Å²) in [7, 11) is 0. The zero-order valence-corrected chi connectivity index (χ0v) is 33.9. The number of carboxylic acids is 1. The summed E-state index contributed by atoms with van der Waals surface area (Å²) in [6.07, 6.45) is 7.50. The largest absolute Gasteiger partial charge is 0.477 e. The Morgan fingerprint density at radius 2 is 1.81 bits per heavy atom. The summed E-state index contributed by atoms with van der Waals surface area (Å²) < 4.78 is 30.4. The average molecular weight is 836 g/mol. The molecule has 59 heavy (non-hydrogen) atoms. The second-order valence-electron chi connectivity index (χ2n) is 16.0. The van der Waals surface area contributed by atoms with Crippen molar-refractivity contribution >= 4 is 17.9 Å². The zero-order valence-electron chi connectivity index (χ0n) is 33.9. The van der Waals surface area contributed by atoms with Crippen LogP contribution in [0.3, 0.4) is 0 Å². The van der Waals surface area contributed by atoms with Gasteiger partial charge in [-0.05, 0) is 71.6 Å². The Morgan fingerprint density at radius 3 is 2.46 bits per heavy atom. The van der Waals surface area contributed by atoms with E-state index in [2.05, 4.69) is 10.3 Å². The predicted octanol–water partition coefficient (Wildman–Crippen LogP) is -0.639. The summed E-state index contributed by atoms with van der Waals surface area (Å²) in [4.78, 5) is 31.6. The summed E-state index contributed by atoms with van der Waals surface area (Å²) in [5, 5.41) is 75.4. The molecule has 2 saturated carbocycles. The van der Waals surface area contributed by atoms with E-state index >= 15 is 0 Å². The van der Waals surface area contributed by atoms with E-state index in [0.29, 0.717) is 16.9 Å². The molecule has 0 bridgehead atoms. The molecule has 3 aliphatic heterocycles. The summed E-state index contributed by atoms with van der Waals surface area (Å²) in [6, 6.07) is 0. The molecule has 3 fully saturated rings. The van der Waals surface area contributed by atoms with Crippen LogP contribution in [0.5, 0.6) is 0 Å². The topological polar surface area (TPSA) is 277 Å². The van der Waals surface area contributed by atoms with Gasteiger partial charge in [0.05, 0.1) is 42.8 Å². The van der Waals surface area contributed by atoms with E-state index < -0.39 is 73.2 Å². The number of carbonyl (C=O) groups is 2. The maximum atomic E-state index is 14.1. The Morgan fingerprint density at radius 1 is 1.08 bits per heavy atom. The Kier molecular flexibility index (Phi) is 17.1. The minimum atomic E-state index is -2.91. The van der Waals surface area contributed by atoms with Gasteiger partial charge in [0.25, 0.3) is 0 Å². The maximum absolute atomic E-state index is 14.1. The minimum Gasteiger partial charge on any atom is -0.477 e. The number of carbonyl (C=O) groups excluding carboxylic acids is 1. The number of carboxylic acid groups (broad SMARTS) is 1. The number of aliphatic hydroxyl groups is 6. The third-order valence-corrected chi connectivity index (χ3v) is 11.2. The molecule has 1 saturated heterocycles. The minimum absolute atomic E-state index is 0.0712. The predicted molar refractivity (Wildman–Crippen MR) is 210 cm³/mol. The van der Waals surface area contributed by atoms with Crippen molar-refractivity contribution in [2.45, 2.75) is 127 Å². The van der Waals surface area contributed by atoms with E-state index in [9.17, 15) is 45.3 Å². The Bertz CT molecular complexity index is 1630. The number of nitrogens with one attached hydrogen (secondary N) is 2. The number of esters is 1. The number of allylic oxidation sites excluding steroid dienone is 2. The number of quaternary nitrogens is 1. The molecule has 0 aromatic carbocycles. The molecule has 8 atom stereocenters. The normalized spacial score (nSPS) is 30.6. The van der Waals surface area contributed by atoms with E-state index in [1.807, 2.05) is 6.08 Å². The molecule has 18 nitrogen and oxygen atoms in total. The third kappa shape index (κ3) is 12.0. The van der Waals surface area contributed by atoms with Crippen LogP contribution in [-0.2, 0) is 33.3 Å². The number of nitrogens with zero attached hydrogens (tertiary/aromatic N) is 1. The number of nitrogens with two attached hydrogens (primary N) is 1. The van der Waals surface area contributed by atoms with E-state index in [0.717, 1.165) is 63.4 Å². The van der Waals surface area contributed by atoms with Crippen LogP contribution < -0.4 is 16.0 Å². The van der Waals surface area contributed by atoms with Crippen molar-refractivity contribution in [1.82, 2.24) is 5.32 Å². The Labute approximate surface area is 344 Å². The average Bonchev–Trinajstić information content (AvgIpc) is 3.71. The number of guanidine groups is 1. The second-order valence-corrected chi connectivity index (χ2v) is 16.0. The van der Waals surface area contributed by atoms with Gasteiger partial charge < -0.3 is 75.4 Å². The zero-order chi connectivity index (χ0) is 42.7. The third-order valence-electron chi connectivity index (χ3n) is 11.2. The van der Waals surface area contributed by atoms with E-state index in [1.54, 1.807) is 26.0 Å². The molecule has 0 radical (unpaired) electrons. The number of aliphatic hydroxyl groups excluding tert-OH is 4. The number of hydrogen-bond donors (Lipinski definition) is 10. The highest BCUT2D eigenvalue weighted by Gasteiger charge is 2.57. The van der Waals surface area contributed by atoms with Gasteiger partial charge >= 0.3 is 11.9 Å². The van der Waals surface area contributed by atoms with Crippen molar-refractivity contribution in [3.63, 3.8) is 0 Å². The van der Waals surface area contributed by atoms with Gasteiger partial charge in [-0.3, -0.25) is 4.99 Å². The molecule has 5 aliphatic rings. The van der Waals surface area contributed by atoms with Crippen LogP contribution in [0, 0.1) is 11.8 Å². The molecule has 18 heteroatoms. The lowest BCUT2D eigenvalue weighted by Crippen LogP contribution is -3.09. The van der Waals surface area contributed by atoms with Gasteiger partial charge in [0.2, 0.25) is 12.1 Å². The van der Waals surface area contributed by atoms with Crippen LogP contribution in [0.2, 0.25) is 0 Å². The fraction of sp³-hybridized carbons (Fsp3) is 0.683. The standard InChI is InChI=1S/C41H62N4O14/c1-24(2)56-35-39(58-32(22-48)34(49)41(35,53)54)59-38-29(19-25-9-4-3-5-10-25)28(31(23-55-38)37(52)57-27-11-6-7-12-27)14-13-26-20-45(16-18-47)21-30(36(50)51)33(26)44-40(42)43-15-8-17-46/h13-14,19,21,23-24,27-29,32,34-35,38-39,46-49,53-54H,3-12,15-18,20,22H2,1-2H3,(H,50,51)(H3,42,43,44)/p+1. The lowest BCUT2D eigenvalue weighted by Gasteiger charge is -2.48. The van der Waals surface area contributed by atoms with Gasteiger partial charge in [-0.15, -0.1) is 0 Å². The number of hydrogen-bond acceptors (Lipinski definition) is 14. The fourth-order valence-corrected chi connectivity index (χ4v) is 8.13. The van der Waals surface area contributed by atoms with E-state index in [1.165, 1.54) is 12.5 Å². The molecule has 0 spiro atoms. The van der Waals surface area contributed by atoms with Gasteiger partial charge in [-0.2, -0.15) is 0 Å². The molecule has 5 rings (SSSR count). The molecule has 3 heterocycles. The molecular weight excluding hydrogens is 772 g/mol. The Hall–Kier alpha value is -3.69.